The summed E-state index contributed by atoms with van der Waals surface area (Å²) in [5, 5.41) is 17.6. The number of aliphatic hydroxyl groups is 1. The topological polar surface area (TPSA) is 63.0 Å². The van der Waals surface area contributed by atoms with Crippen LogP contribution in [0, 0.1) is 0 Å². The fourth-order valence-corrected chi connectivity index (χ4v) is 4.16. The van der Waals surface area contributed by atoms with Crippen LogP contribution in [-0.4, -0.2) is 37.4 Å². The molecule has 28 heavy (non-hydrogen) atoms. The lowest BCUT2D eigenvalue weighted by Gasteiger charge is -2.41. The van der Waals surface area contributed by atoms with E-state index in [1.165, 1.54) is 4.68 Å². The Bertz CT molecular complexity index is 834. The van der Waals surface area contributed by atoms with Gasteiger partial charge in [-0.3, -0.25) is 0 Å². The van der Waals surface area contributed by atoms with Gasteiger partial charge < -0.3 is 10.4 Å². The molecule has 5 nitrogen and oxygen atoms in total. The van der Waals surface area contributed by atoms with Crippen LogP contribution >= 0.6 is 0 Å². The van der Waals surface area contributed by atoms with E-state index in [0.29, 0.717) is 43.0 Å². The first-order valence-electron chi connectivity index (χ1n) is 9.73. The SMILES string of the molecule is CC1(O)CC(c2cc(NC3CCC(F)(F)CC3)nc(-n3ccc(CF)n3)c2)C1. The van der Waals surface area contributed by atoms with Crippen LogP contribution in [0.5, 0.6) is 0 Å². The smallest absolute Gasteiger partial charge is 0.248 e. The lowest BCUT2D eigenvalue weighted by molar-refractivity contribution is -0.0361. The number of hydrogen-bond donors (Lipinski definition) is 2. The number of pyridine rings is 1. The van der Waals surface area contributed by atoms with Crippen LogP contribution < -0.4 is 5.32 Å². The van der Waals surface area contributed by atoms with Gasteiger partial charge in [0.1, 0.15) is 12.5 Å². The molecule has 8 heteroatoms. The molecular weight excluding hydrogens is 369 g/mol. The second-order valence-electron chi connectivity index (χ2n) is 8.41. The molecule has 152 valence electrons. The van der Waals surface area contributed by atoms with Crippen molar-refractivity contribution in [2.45, 2.75) is 75.6 Å². The number of aromatic nitrogens is 3. The fraction of sp³-hybridized carbons (Fsp3) is 0.600. The Kier molecular flexibility index (Phi) is 4.85. The van der Waals surface area contributed by atoms with Crippen molar-refractivity contribution in [3.63, 3.8) is 0 Å². The van der Waals surface area contributed by atoms with E-state index in [4.69, 9.17) is 0 Å². The molecule has 0 unspecified atom stereocenters. The largest absolute Gasteiger partial charge is 0.390 e. The number of alkyl halides is 3. The van der Waals surface area contributed by atoms with Crippen molar-refractivity contribution >= 4 is 5.82 Å². The predicted octanol–water partition coefficient (Wildman–Crippen LogP) is 4.36. The van der Waals surface area contributed by atoms with E-state index >= 15 is 0 Å². The molecule has 0 aliphatic heterocycles. The van der Waals surface area contributed by atoms with Crippen LogP contribution in [-0.2, 0) is 6.67 Å². The Morgan fingerprint density at radius 2 is 1.96 bits per heavy atom. The van der Waals surface area contributed by atoms with Gasteiger partial charge in [-0.05, 0) is 62.3 Å². The first kappa shape index (κ1) is 19.2. The predicted molar refractivity (Wildman–Crippen MR) is 99.6 cm³/mol. The quantitative estimate of drug-likeness (QED) is 0.791. The van der Waals surface area contributed by atoms with E-state index in [-0.39, 0.29) is 24.8 Å². The highest BCUT2D eigenvalue weighted by Gasteiger charge is 2.39. The van der Waals surface area contributed by atoms with Crippen LogP contribution in [0.2, 0.25) is 0 Å². The Morgan fingerprint density at radius 3 is 2.57 bits per heavy atom. The average molecular weight is 394 g/mol. The third kappa shape index (κ3) is 4.16. The minimum absolute atomic E-state index is 0.0567. The molecule has 2 aromatic heterocycles. The first-order valence-corrected chi connectivity index (χ1v) is 9.73. The third-order valence-corrected chi connectivity index (χ3v) is 5.76. The maximum atomic E-state index is 13.4. The molecule has 0 spiro atoms. The highest BCUT2D eigenvalue weighted by Crippen LogP contribution is 2.45. The van der Waals surface area contributed by atoms with Gasteiger partial charge >= 0.3 is 0 Å². The number of nitrogens with one attached hydrogen (secondary N) is 1. The summed E-state index contributed by atoms with van der Waals surface area (Å²) in [6.07, 6.45) is 3.49. The molecule has 2 aromatic rings. The zero-order valence-electron chi connectivity index (χ0n) is 15.8. The standard InChI is InChI=1S/C20H25F3N4O/c1-19(28)10-14(11-19)13-8-17(24-15-2-5-20(22,23)6-3-15)25-18(9-13)27-7-4-16(12-21)26-27/h4,7-9,14-15,28H,2-3,5-6,10-12H2,1H3,(H,24,25). The summed E-state index contributed by atoms with van der Waals surface area (Å²) in [5.41, 5.74) is 0.671. The zero-order valence-corrected chi connectivity index (χ0v) is 15.8. The molecule has 0 atom stereocenters. The van der Waals surface area contributed by atoms with Gasteiger partial charge in [0.05, 0.1) is 11.3 Å². The number of anilines is 1. The summed E-state index contributed by atoms with van der Waals surface area (Å²) in [7, 11) is 0. The van der Waals surface area contributed by atoms with Crippen LogP contribution in [0.15, 0.2) is 24.4 Å². The van der Waals surface area contributed by atoms with Gasteiger partial charge in [0.2, 0.25) is 5.92 Å². The fourth-order valence-electron chi connectivity index (χ4n) is 4.16. The van der Waals surface area contributed by atoms with Gasteiger partial charge in [0, 0.05) is 25.1 Å². The monoisotopic (exact) mass is 394 g/mol. The van der Waals surface area contributed by atoms with Gasteiger partial charge in [0.15, 0.2) is 5.82 Å². The molecule has 2 aliphatic carbocycles. The number of hydrogen-bond acceptors (Lipinski definition) is 4. The summed E-state index contributed by atoms with van der Waals surface area (Å²) >= 11 is 0. The normalized spacial score (nSPS) is 27.4. The Balaban J connectivity index is 1.58. The molecule has 4 rings (SSSR count). The van der Waals surface area contributed by atoms with Gasteiger partial charge in [-0.15, -0.1) is 0 Å². The average Bonchev–Trinajstić information content (AvgIpc) is 3.10. The molecular formula is C20H25F3N4O. The highest BCUT2D eigenvalue weighted by molar-refractivity contribution is 5.46. The van der Waals surface area contributed by atoms with Crippen LogP contribution in [0.25, 0.3) is 5.82 Å². The molecule has 0 bridgehead atoms. The maximum absolute atomic E-state index is 13.4. The first-order chi connectivity index (χ1) is 13.2. The van der Waals surface area contributed by atoms with E-state index in [1.807, 2.05) is 19.1 Å². The Labute approximate surface area is 162 Å². The van der Waals surface area contributed by atoms with E-state index in [1.54, 1.807) is 12.3 Å². The second-order valence-corrected chi connectivity index (χ2v) is 8.41. The third-order valence-electron chi connectivity index (χ3n) is 5.76. The lowest BCUT2D eigenvalue weighted by Crippen LogP contribution is -2.39. The molecule has 2 heterocycles. The molecule has 2 aliphatic rings. The van der Waals surface area contributed by atoms with Gasteiger partial charge in [0.25, 0.3) is 0 Å². The van der Waals surface area contributed by atoms with Crippen molar-refractivity contribution in [3.8, 4) is 5.82 Å². The molecule has 0 radical (unpaired) electrons. The van der Waals surface area contributed by atoms with E-state index in [2.05, 4.69) is 15.4 Å². The number of nitrogens with zero attached hydrogens (tertiary/aromatic N) is 3. The summed E-state index contributed by atoms with van der Waals surface area (Å²) in [4.78, 5) is 4.58. The summed E-state index contributed by atoms with van der Waals surface area (Å²) < 4.78 is 41.2. The second kappa shape index (κ2) is 7.06. The van der Waals surface area contributed by atoms with Crippen LogP contribution in [0.3, 0.4) is 0 Å². The number of rotatable bonds is 5. The van der Waals surface area contributed by atoms with Gasteiger partial charge in [-0.1, -0.05) is 0 Å². The highest BCUT2D eigenvalue weighted by atomic mass is 19.3. The molecule has 2 N–H and O–H groups in total. The van der Waals surface area contributed by atoms with Crippen molar-refractivity contribution in [3.05, 3.63) is 35.7 Å². The van der Waals surface area contributed by atoms with Crippen LogP contribution in [0.1, 0.15) is 62.6 Å². The summed E-state index contributed by atoms with van der Waals surface area (Å²) in [6, 6.07) is 5.36. The van der Waals surface area contributed by atoms with Crippen molar-refractivity contribution in [1.82, 2.24) is 14.8 Å². The maximum Gasteiger partial charge on any atom is 0.248 e. The Hall–Kier alpha value is -2.09. The van der Waals surface area contributed by atoms with Crippen molar-refractivity contribution in [2.75, 3.05) is 5.32 Å². The molecule has 2 saturated carbocycles. The van der Waals surface area contributed by atoms with Crippen molar-refractivity contribution in [1.29, 1.82) is 0 Å². The van der Waals surface area contributed by atoms with Crippen LogP contribution in [0.4, 0.5) is 19.0 Å². The Morgan fingerprint density at radius 1 is 1.25 bits per heavy atom. The molecule has 0 amide bonds. The van der Waals surface area contributed by atoms with E-state index in [9.17, 15) is 18.3 Å². The van der Waals surface area contributed by atoms with Gasteiger partial charge in [-0.25, -0.2) is 22.8 Å². The van der Waals surface area contributed by atoms with Crippen molar-refractivity contribution < 1.29 is 18.3 Å². The minimum Gasteiger partial charge on any atom is -0.390 e. The van der Waals surface area contributed by atoms with E-state index < -0.39 is 18.2 Å². The molecule has 0 aromatic carbocycles. The summed E-state index contributed by atoms with van der Waals surface area (Å²) in [6.45, 7) is 1.16. The zero-order chi connectivity index (χ0) is 19.9. The van der Waals surface area contributed by atoms with E-state index in [0.717, 1.165) is 5.56 Å². The van der Waals surface area contributed by atoms with Gasteiger partial charge in [-0.2, -0.15) is 5.10 Å². The summed E-state index contributed by atoms with van der Waals surface area (Å²) in [5.74, 6) is -1.23. The minimum atomic E-state index is -2.58. The number of halogens is 3. The van der Waals surface area contributed by atoms with Crippen molar-refractivity contribution in [2.24, 2.45) is 0 Å². The molecule has 0 saturated heterocycles. The molecule has 2 fully saturated rings. The lowest BCUT2D eigenvalue weighted by atomic mass is 9.69.